The summed E-state index contributed by atoms with van der Waals surface area (Å²) < 4.78 is 0. The number of anilines is 1. The Morgan fingerprint density at radius 2 is 1.35 bits per heavy atom. The van der Waals surface area contributed by atoms with Crippen molar-refractivity contribution in [2.24, 2.45) is 0 Å². The van der Waals surface area contributed by atoms with Crippen LogP contribution in [0.4, 0.5) is 5.69 Å². The van der Waals surface area contributed by atoms with Crippen LogP contribution in [-0.2, 0) is 9.59 Å². The number of rotatable bonds is 3. The van der Waals surface area contributed by atoms with Crippen LogP contribution < -0.4 is 5.32 Å². The van der Waals surface area contributed by atoms with Gasteiger partial charge in [-0.05, 0) is 23.8 Å². The van der Waals surface area contributed by atoms with Crippen LogP contribution in [0.15, 0.2) is 66.7 Å². The number of carbonyl (C=O) groups excluding carboxylic acids is 1. The van der Waals surface area contributed by atoms with Crippen molar-refractivity contribution >= 4 is 23.6 Å². The predicted molar refractivity (Wildman–Crippen MR) is 95.2 cm³/mol. The number of hydrogen-bond donors (Lipinski definition) is 2. The molecule has 0 atom stereocenters. The SMILES string of the molecule is CC.CC(=O)O.O=C(/C=C/c1ccccc1)Nc1ccccc1. The Kier molecular flexibility index (Phi) is 11.2. The van der Waals surface area contributed by atoms with Crippen LogP contribution in [0.2, 0.25) is 0 Å². The molecular weight excluding hydrogens is 290 g/mol. The van der Waals surface area contributed by atoms with E-state index in [0.29, 0.717) is 0 Å². The molecule has 1 amide bonds. The van der Waals surface area contributed by atoms with E-state index in [1.54, 1.807) is 6.08 Å². The van der Waals surface area contributed by atoms with Gasteiger partial charge in [-0.3, -0.25) is 9.59 Å². The lowest BCUT2D eigenvalue weighted by Gasteiger charge is -2.00. The zero-order valence-electron chi connectivity index (χ0n) is 13.7. The maximum atomic E-state index is 11.6. The highest BCUT2D eigenvalue weighted by Gasteiger charge is 1.95. The average molecular weight is 313 g/mol. The molecule has 4 nitrogen and oxygen atoms in total. The molecule has 2 N–H and O–H groups in total. The van der Waals surface area contributed by atoms with Gasteiger partial charge in [0, 0.05) is 18.7 Å². The highest BCUT2D eigenvalue weighted by molar-refractivity contribution is 6.01. The number of hydrogen-bond acceptors (Lipinski definition) is 2. The first-order valence-corrected chi connectivity index (χ1v) is 7.36. The van der Waals surface area contributed by atoms with Crippen molar-refractivity contribution in [3.8, 4) is 0 Å². The summed E-state index contributed by atoms with van der Waals surface area (Å²) in [6.45, 7) is 5.08. The monoisotopic (exact) mass is 313 g/mol. The third-order valence-electron chi connectivity index (χ3n) is 2.27. The fourth-order valence-electron chi connectivity index (χ4n) is 1.44. The van der Waals surface area contributed by atoms with Crippen molar-refractivity contribution in [1.82, 2.24) is 0 Å². The summed E-state index contributed by atoms with van der Waals surface area (Å²) in [5.41, 5.74) is 1.81. The van der Waals surface area contributed by atoms with E-state index in [-0.39, 0.29) is 5.91 Å². The zero-order chi connectivity index (χ0) is 17.5. The molecule has 122 valence electrons. The first-order valence-electron chi connectivity index (χ1n) is 7.36. The minimum atomic E-state index is -0.833. The molecule has 0 unspecified atom stereocenters. The van der Waals surface area contributed by atoms with Gasteiger partial charge in [-0.25, -0.2) is 0 Å². The molecule has 4 heteroatoms. The van der Waals surface area contributed by atoms with E-state index < -0.39 is 5.97 Å². The number of amides is 1. The van der Waals surface area contributed by atoms with Gasteiger partial charge in [0.1, 0.15) is 0 Å². The van der Waals surface area contributed by atoms with E-state index in [2.05, 4.69) is 5.32 Å². The highest BCUT2D eigenvalue weighted by Crippen LogP contribution is 2.06. The second kappa shape index (κ2) is 12.8. The fourth-order valence-corrected chi connectivity index (χ4v) is 1.44. The van der Waals surface area contributed by atoms with Crippen LogP contribution in [0.5, 0.6) is 0 Å². The summed E-state index contributed by atoms with van der Waals surface area (Å²) >= 11 is 0. The van der Waals surface area contributed by atoms with Crippen molar-refractivity contribution in [3.05, 3.63) is 72.3 Å². The van der Waals surface area contributed by atoms with Gasteiger partial charge < -0.3 is 10.4 Å². The lowest BCUT2D eigenvalue weighted by atomic mass is 10.2. The minimum Gasteiger partial charge on any atom is -0.481 e. The molecule has 0 spiro atoms. The topological polar surface area (TPSA) is 66.4 Å². The smallest absolute Gasteiger partial charge is 0.300 e. The normalized spacial score (nSPS) is 9.00. The van der Waals surface area contributed by atoms with Crippen LogP contribution in [0.3, 0.4) is 0 Å². The fraction of sp³-hybridized carbons (Fsp3) is 0.158. The number of benzene rings is 2. The third-order valence-corrected chi connectivity index (χ3v) is 2.27. The molecule has 0 saturated heterocycles. The lowest BCUT2D eigenvalue weighted by molar-refractivity contribution is -0.134. The summed E-state index contributed by atoms with van der Waals surface area (Å²) in [4.78, 5) is 20.6. The number of para-hydroxylation sites is 1. The minimum absolute atomic E-state index is 0.125. The first kappa shape index (κ1) is 20.1. The van der Waals surface area contributed by atoms with E-state index in [1.165, 1.54) is 6.08 Å². The van der Waals surface area contributed by atoms with Crippen LogP contribution in [0, 0.1) is 0 Å². The van der Waals surface area contributed by atoms with Gasteiger partial charge in [0.25, 0.3) is 5.97 Å². The molecule has 2 aromatic carbocycles. The van der Waals surface area contributed by atoms with Crippen LogP contribution >= 0.6 is 0 Å². The van der Waals surface area contributed by atoms with E-state index in [0.717, 1.165) is 18.2 Å². The Morgan fingerprint density at radius 1 is 0.913 bits per heavy atom. The molecule has 0 aliphatic carbocycles. The van der Waals surface area contributed by atoms with Gasteiger partial charge in [-0.2, -0.15) is 0 Å². The van der Waals surface area contributed by atoms with Gasteiger partial charge in [-0.1, -0.05) is 62.4 Å². The Hall–Kier alpha value is -2.88. The van der Waals surface area contributed by atoms with Crippen molar-refractivity contribution in [2.75, 3.05) is 5.32 Å². The summed E-state index contributed by atoms with van der Waals surface area (Å²) in [6.07, 6.45) is 3.32. The average Bonchev–Trinajstić information content (AvgIpc) is 2.56. The molecule has 0 aliphatic rings. The molecule has 2 rings (SSSR count). The van der Waals surface area contributed by atoms with Crippen LogP contribution in [0.25, 0.3) is 6.08 Å². The van der Waals surface area contributed by atoms with E-state index in [1.807, 2.05) is 74.5 Å². The molecule has 0 aromatic heterocycles. The predicted octanol–water partition coefficient (Wildman–Crippen LogP) is 4.46. The number of aliphatic carboxylic acids is 1. The summed E-state index contributed by atoms with van der Waals surface area (Å²) in [5, 5.41) is 10.2. The molecule has 0 radical (unpaired) electrons. The van der Waals surface area contributed by atoms with Crippen LogP contribution in [-0.4, -0.2) is 17.0 Å². The molecule has 0 aliphatic heterocycles. The van der Waals surface area contributed by atoms with Crippen LogP contribution in [0.1, 0.15) is 26.3 Å². The van der Waals surface area contributed by atoms with Crippen molar-refractivity contribution in [3.63, 3.8) is 0 Å². The summed E-state index contributed by atoms with van der Waals surface area (Å²) in [5.74, 6) is -0.958. The standard InChI is InChI=1S/C15H13NO.C2H4O2.C2H6/c17-15(16-14-9-5-2-6-10-14)12-11-13-7-3-1-4-8-13;1-2(3)4;1-2/h1-12H,(H,16,17);1H3,(H,3,4);1-2H3/b12-11+;;. The van der Waals surface area contributed by atoms with Crippen molar-refractivity contribution in [2.45, 2.75) is 20.8 Å². The Balaban J connectivity index is 0.000000705. The van der Waals surface area contributed by atoms with Gasteiger partial charge in [-0.15, -0.1) is 0 Å². The van der Waals surface area contributed by atoms with Gasteiger partial charge in [0.05, 0.1) is 0 Å². The third kappa shape index (κ3) is 11.5. The summed E-state index contributed by atoms with van der Waals surface area (Å²) in [7, 11) is 0. The number of carboxylic acid groups (broad SMARTS) is 1. The molecule has 0 fully saturated rings. The van der Waals surface area contributed by atoms with Gasteiger partial charge in [0.2, 0.25) is 5.91 Å². The second-order valence-corrected chi connectivity index (χ2v) is 4.12. The van der Waals surface area contributed by atoms with Crippen molar-refractivity contribution in [1.29, 1.82) is 0 Å². The number of carboxylic acids is 1. The molecular formula is C19H23NO3. The van der Waals surface area contributed by atoms with E-state index >= 15 is 0 Å². The second-order valence-electron chi connectivity index (χ2n) is 4.12. The van der Waals surface area contributed by atoms with Gasteiger partial charge in [0.15, 0.2) is 0 Å². The molecule has 0 heterocycles. The Bertz CT molecular complexity index is 589. The maximum absolute atomic E-state index is 11.6. The molecule has 0 saturated carbocycles. The molecule has 23 heavy (non-hydrogen) atoms. The first-order chi connectivity index (χ1) is 11.1. The molecule has 0 bridgehead atoms. The molecule has 2 aromatic rings. The number of carbonyl (C=O) groups is 2. The van der Waals surface area contributed by atoms with E-state index in [9.17, 15) is 4.79 Å². The quantitative estimate of drug-likeness (QED) is 0.822. The lowest BCUT2D eigenvalue weighted by Crippen LogP contribution is -2.07. The maximum Gasteiger partial charge on any atom is 0.300 e. The Morgan fingerprint density at radius 3 is 1.83 bits per heavy atom. The van der Waals surface area contributed by atoms with Gasteiger partial charge >= 0.3 is 0 Å². The highest BCUT2D eigenvalue weighted by atomic mass is 16.4. The van der Waals surface area contributed by atoms with Crippen molar-refractivity contribution < 1.29 is 14.7 Å². The largest absolute Gasteiger partial charge is 0.481 e. The van der Waals surface area contributed by atoms with E-state index in [4.69, 9.17) is 9.90 Å². The number of nitrogens with one attached hydrogen (secondary N) is 1. The summed E-state index contributed by atoms with van der Waals surface area (Å²) in [6, 6.07) is 19.1. The Labute approximate surface area is 137 Å². The zero-order valence-corrected chi connectivity index (χ0v) is 13.7.